The number of urea groups is 1. The molecule has 0 heterocycles. The van der Waals surface area contributed by atoms with E-state index < -0.39 is 5.97 Å². The maximum absolute atomic E-state index is 11.7. The zero-order valence-corrected chi connectivity index (χ0v) is 13.2. The number of hydrogen-bond donors (Lipinski definition) is 3. The molecule has 3 N–H and O–H groups in total. The molecule has 7 heteroatoms. The number of nitrogens with one attached hydrogen (secondary N) is 2. The number of halogens is 2. The number of carboxylic acids is 1. The fourth-order valence-electron chi connectivity index (χ4n) is 1.78. The molecule has 1 unspecified atom stereocenters. The summed E-state index contributed by atoms with van der Waals surface area (Å²) >= 11 is 11.9. The highest BCUT2D eigenvalue weighted by molar-refractivity contribution is 6.35. The first-order valence-corrected chi connectivity index (χ1v) is 7.37. The topological polar surface area (TPSA) is 78.4 Å². The van der Waals surface area contributed by atoms with Crippen molar-refractivity contribution in [1.82, 2.24) is 10.6 Å². The smallest absolute Gasteiger partial charge is 0.315 e. The molecule has 0 bridgehead atoms. The first-order chi connectivity index (χ1) is 9.90. The summed E-state index contributed by atoms with van der Waals surface area (Å²) in [7, 11) is 0. The van der Waals surface area contributed by atoms with Gasteiger partial charge in [-0.1, -0.05) is 29.3 Å². The van der Waals surface area contributed by atoms with Gasteiger partial charge < -0.3 is 15.7 Å². The van der Waals surface area contributed by atoms with E-state index in [9.17, 15) is 9.59 Å². The third kappa shape index (κ3) is 6.69. The molecule has 5 nitrogen and oxygen atoms in total. The van der Waals surface area contributed by atoms with Crippen LogP contribution in [0.2, 0.25) is 10.0 Å². The van der Waals surface area contributed by atoms with Crippen molar-refractivity contribution in [3.63, 3.8) is 0 Å². The normalized spacial score (nSPS) is 11.8. The van der Waals surface area contributed by atoms with E-state index in [0.29, 0.717) is 29.4 Å². The Balaban J connectivity index is 2.35. The molecular weight excluding hydrogens is 315 g/mol. The maximum Gasteiger partial charge on any atom is 0.315 e. The van der Waals surface area contributed by atoms with Gasteiger partial charge in [0, 0.05) is 23.0 Å². The lowest BCUT2D eigenvalue weighted by atomic mass is 10.1. The Morgan fingerprint density at radius 3 is 2.62 bits per heavy atom. The molecule has 0 saturated carbocycles. The summed E-state index contributed by atoms with van der Waals surface area (Å²) in [6.45, 7) is 2.25. The van der Waals surface area contributed by atoms with E-state index >= 15 is 0 Å². The SMILES string of the molecule is CC(NC(=O)NCCCCC(=O)O)c1ccc(Cl)cc1Cl. The largest absolute Gasteiger partial charge is 0.481 e. The van der Waals surface area contributed by atoms with Crippen LogP contribution in [0.15, 0.2) is 18.2 Å². The molecule has 0 aliphatic rings. The second-order valence-corrected chi connectivity index (χ2v) is 5.48. The van der Waals surface area contributed by atoms with E-state index in [-0.39, 0.29) is 18.5 Å². The Kier molecular flexibility index (Phi) is 7.32. The van der Waals surface area contributed by atoms with Gasteiger partial charge in [-0.05, 0) is 37.5 Å². The van der Waals surface area contributed by atoms with E-state index in [2.05, 4.69) is 10.6 Å². The number of aliphatic carboxylic acids is 1. The Morgan fingerprint density at radius 2 is 2.00 bits per heavy atom. The minimum Gasteiger partial charge on any atom is -0.481 e. The van der Waals surface area contributed by atoms with Crippen molar-refractivity contribution in [3.8, 4) is 0 Å². The first kappa shape index (κ1) is 17.6. The molecule has 1 atom stereocenters. The van der Waals surface area contributed by atoms with Gasteiger partial charge in [-0.3, -0.25) is 4.79 Å². The average Bonchev–Trinajstić information content (AvgIpc) is 2.37. The van der Waals surface area contributed by atoms with Crippen molar-refractivity contribution < 1.29 is 14.7 Å². The highest BCUT2D eigenvalue weighted by Gasteiger charge is 2.12. The van der Waals surface area contributed by atoms with Crippen LogP contribution in [-0.2, 0) is 4.79 Å². The van der Waals surface area contributed by atoms with Gasteiger partial charge in [0.1, 0.15) is 0 Å². The minimum absolute atomic E-state index is 0.111. The highest BCUT2D eigenvalue weighted by Crippen LogP contribution is 2.25. The third-order valence-corrected chi connectivity index (χ3v) is 3.44. The Hall–Kier alpha value is -1.46. The molecule has 0 fully saturated rings. The van der Waals surface area contributed by atoms with E-state index in [1.807, 2.05) is 6.92 Å². The monoisotopic (exact) mass is 332 g/mol. The maximum atomic E-state index is 11.7. The number of unbranched alkanes of at least 4 members (excludes halogenated alkanes) is 1. The van der Waals surface area contributed by atoms with Gasteiger partial charge >= 0.3 is 12.0 Å². The number of carbonyl (C=O) groups is 2. The first-order valence-electron chi connectivity index (χ1n) is 6.61. The average molecular weight is 333 g/mol. The highest BCUT2D eigenvalue weighted by atomic mass is 35.5. The zero-order valence-electron chi connectivity index (χ0n) is 11.7. The third-order valence-electron chi connectivity index (χ3n) is 2.88. The molecule has 0 aromatic heterocycles. The summed E-state index contributed by atoms with van der Waals surface area (Å²) in [5.41, 5.74) is 0.780. The van der Waals surface area contributed by atoms with E-state index in [4.69, 9.17) is 28.3 Å². The molecule has 21 heavy (non-hydrogen) atoms. The lowest BCUT2D eigenvalue weighted by Crippen LogP contribution is -2.37. The van der Waals surface area contributed by atoms with Crippen LogP contribution < -0.4 is 10.6 Å². The molecule has 0 aliphatic heterocycles. The summed E-state index contributed by atoms with van der Waals surface area (Å²) in [4.78, 5) is 22.0. The molecule has 1 aromatic rings. The molecule has 0 saturated heterocycles. The van der Waals surface area contributed by atoms with Crippen molar-refractivity contribution in [2.75, 3.05) is 6.54 Å². The standard InChI is InChI=1S/C14H18Cl2N2O3/c1-9(11-6-5-10(15)8-12(11)16)18-14(21)17-7-3-2-4-13(19)20/h5-6,8-9H,2-4,7H2,1H3,(H,19,20)(H2,17,18,21). The van der Waals surface area contributed by atoms with Crippen molar-refractivity contribution in [3.05, 3.63) is 33.8 Å². The zero-order chi connectivity index (χ0) is 15.8. The van der Waals surface area contributed by atoms with Crippen LogP contribution in [-0.4, -0.2) is 23.7 Å². The summed E-state index contributed by atoms with van der Waals surface area (Å²) in [6.07, 6.45) is 1.27. The molecule has 1 aromatic carbocycles. The van der Waals surface area contributed by atoms with Gasteiger partial charge in [-0.15, -0.1) is 0 Å². The summed E-state index contributed by atoms with van der Waals surface area (Å²) in [5, 5.41) is 15.0. The molecule has 116 valence electrons. The predicted molar refractivity (Wildman–Crippen MR) is 82.9 cm³/mol. The fourth-order valence-corrected chi connectivity index (χ4v) is 2.35. The van der Waals surface area contributed by atoms with E-state index in [1.54, 1.807) is 18.2 Å². The lowest BCUT2D eigenvalue weighted by molar-refractivity contribution is -0.137. The van der Waals surface area contributed by atoms with E-state index in [0.717, 1.165) is 5.56 Å². The molecule has 0 radical (unpaired) electrons. The van der Waals surface area contributed by atoms with Crippen molar-refractivity contribution in [2.24, 2.45) is 0 Å². The summed E-state index contributed by atoms with van der Waals surface area (Å²) < 4.78 is 0. The summed E-state index contributed by atoms with van der Waals surface area (Å²) in [5.74, 6) is -0.828. The molecule has 1 rings (SSSR count). The van der Waals surface area contributed by atoms with Gasteiger partial charge in [0.15, 0.2) is 0 Å². The van der Waals surface area contributed by atoms with Crippen molar-refractivity contribution in [1.29, 1.82) is 0 Å². The number of amides is 2. The quantitative estimate of drug-likeness (QED) is 0.667. The number of rotatable bonds is 7. The Morgan fingerprint density at radius 1 is 1.29 bits per heavy atom. The number of hydrogen-bond acceptors (Lipinski definition) is 2. The van der Waals surface area contributed by atoms with Crippen LogP contribution in [0, 0.1) is 0 Å². The van der Waals surface area contributed by atoms with Gasteiger partial charge in [-0.2, -0.15) is 0 Å². The van der Waals surface area contributed by atoms with Crippen molar-refractivity contribution >= 4 is 35.2 Å². The predicted octanol–water partition coefficient (Wildman–Crippen LogP) is 3.61. The molecular formula is C14H18Cl2N2O3. The Bertz CT molecular complexity index is 509. The van der Waals surface area contributed by atoms with Crippen LogP contribution in [0.4, 0.5) is 4.79 Å². The lowest BCUT2D eigenvalue weighted by Gasteiger charge is -2.16. The number of benzene rings is 1. The van der Waals surface area contributed by atoms with Crippen LogP contribution >= 0.6 is 23.2 Å². The Labute approximate surface area is 133 Å². The van der Waals surface area contributed by atoms with Gasteiger partial charge in [0.2, 0.25) is 0 Å². The summed E-state index contributed by atoms with van der Waals surface area (Å²) in [6, 6.07) is 4.53. The molecule has 0 spiro atoms. The van der Waals surface area contributed by atoms with Crippen LogP contribution in [0.1, 0.15) is 37.8 Å². The number of carbonyl (C=O) groups excluding carboxylic acids is 1. The van der Waals surface area contributed by atoms with Gasteiger partial charge in [-0.25, -0.2) is 4.79 Å². The van der Waals surface area contributed by atoms with Gasteiger partial charge in [0.05, 0.1) is 6.04 Å². The van der Waals surface area contributed by atoms with Crippen LogP contribution in [0.3, 0.4) is 0 Å². The second kappa shape index (κ2) is 8.74. The minimum atomic E-state index is -0.828. The van der Waals surface area contributed by atoms with Crippen LogP contribution in [0.25, 0.3) is 0 Å². The van der Waals surface area contributed by atoms with Gasteiger partial charge in [0.25, 0.3) is 0 Å². The molecule has 2 amide bonds. The molecule has 0 aliphatic carbocycles. The van der Waals surface area contributed by atoms with Crippen molar-refractivity contribution in [2.45, 2.75) is 32.2 Å². The number of carboxylic acid groups (broad SMARTS) is 1. The van der Waals surface area contributed by atoms with Crippen LogP contribution in [0.5, 0.6) is 0 Å². The fraction of sp³-hybridized carbons (Fsp3) is 0.429. The second-order valence-electron chi connectivity index (χ2n) is 4.64. The van der Waals surface area contributed by atoms with E-state index in [1.165, 1.54) is 0 Å².